The van der Waals surface area contributed by atoms with E-state index >= 15 is 0 Å². The van der Waals surface area contributed by atoms with Crippen LogP contribution < -0.4 is 5.32 Å². The summed E-state index contributed by atoms with van der Waals surface area (Å²) in [4.78, 5) is 29.6. The fourth-order valence-electron chi connectivity index (χ4n) is 3.74. The molecular weight excluding hydrogens is 495 g/mol. The molecule has 0 saturated heterocycles. The highest BCUT2D eigenvalue weighted by Gasteiger charge is 2.31. The monoisotopic (exact) mass is 526 g/mol. The molecule has 3 aromatic rings. The van der Waals surface area contributed by atoms with Crippen molar-refractivity contribution in [2.24, 2.45) is 0 Å². The van der Waals surface area contributed by atoms with Crippen LogP contribution >= 0.6 is 23.4 Å². The second-order valence-corrected chi connectivity index (χ2v) is 10.3. The molecule has 36 heavy (non-hydrogen) atoms. The maximum Gasteiger partial charge on any atom is 0.243 e. The normalized spacial score (nSPS) is 12.6. The zero-order valence-corrected chi connectivity index (χ0v) is 22.2. The van der Waals surface area contributed by atoms with Gasteiger partial charge >= 0.3 is 0 Å². The molecule has 0 heterocycles. The van der Waals surface area contributed by atoms with Crippen LogP contribution in [-0.4, -0.2) is 34.6 Å². The van der Waals surface area contributed by atoms with Gasteiger partial charge in [-0.3, -0.25) is 9.59 Å². The molecule has 190 valence electrons. The van der Waals surface area contributed by atoms with Crippen molar-refractivity contribution in [3.63, 3.8) is 0 Å². The molecule has 2 atom stereocenters. The van der Waals surface area contributed by atoms with E-state index < -0.39 is 11.9 Å². The van der Waals surface area contributed by atoms with Gasteiger partial charge in [-0.05, 0) is 49.2 Å². The van der Waals surface area contributed by atoms with Crippen LogP contribution in [0.2, 0.25) is 5.02 Å². The maximum atomic E-state index is 14.6. The molecule has 0 radical (unpaired) electrons. The van der Waals surface area contributed by atoms with Crippen molar-refractivity contribution in [1.29, 1.82) is 0 Å². The third-order valence-corrected chi connectivity index (χ3v) is 7.23. The first-order valence-corrected chi connectivity index (χ1v) is 13.5. The number of hydrogen-bond acceptors (Lipinski definition) is 3. The molecule has 0 aliphatic carbocycles. The molecular formula is C29H32ClFN2O2S. The number of amides is 2. The predicted molar refractivity (Wildman–Crippen MR) is 146 cm³/mol. The quantitative estimate of drug-likeness (QED) is 0.273. The summed E-state index contributed by atoms with van der Waals surface area (Å²) >= 11 is 7.51. The highest BCUT2D eigenvalue weighted by Crippen LogP contribution is 2.23. The molecule has 3 aromatic carbocycles. The van der Waals surface area contributed by atoms with Crippen LogP contribution in [0.15, 0.2) is 83.8 Å². The Balaban J connectivity index is 1.86. The van der Waals surface area contributed by atoms with Crippen molar-refractivity contribution in [2.75, 3.05) is 5.75 Å². The molecule has 0 bridgehead atoms. The maximum absolute atomic E-state index is 14.6. The van der Waals surface area contributed by atoms with E-state index in [0.29, 0.717) is 22.8 Å². The Kier molecular flexibility index (Phi) is 10.8. The van der Waals surface area contributed by atoms with Gasteiger partial charge < -0.3 is 10.2 Å². The van der Waals surface area contributed by atoms with Gasteiger partial charge in [0.25, 0.3) is 0 Å². The number of rotatable bonds is 12. The largest absolute Gasteiger partial charge is 0.352 e. The summed E-state index contributed by atoms with van der Waals surface area (Å²) in [7, 11) is 0. The summed E-state index contributed by atoms with van der Waals surface area (Å²) < 4.78 is 14.6. The molecule has 0 aromatic heterocycles. The number of hydrogen-bond donors (Lipinski definition) is 1. The van der Waals surface area contributed by atoms with Crippen molar-refractivity contribution >= 4 is 35.2 Å². The first-order chi connectivity index (χ1) is 17.4. The third-order valence-electron chi connectivity index (χ3n) is 5.97. The lowest BCUT2D eigenvalue weighted by Crippen LogP contribution is -2.52. The van der Waals surface area contributed by atoms with Crippen LogP contribution in [0.3, 0.4) is 0 Å². The van der Waals surface area contributed by atoms with Crippen molar-refractivity contribution in [3.8, 4) is 0 Å². The summed E-state index contributed by atoms with van der Waals surface area (Å²) in [6.07, 6.45) is 1.32. The van der Waals surface area contributed by atoms with Gasteiger partial charge in [-0.15, -0.1) is 11.8 Å². The van der Waals surface area contributed by atoms with Crippen molar-refractivity contribution in [2.45, 2.75) is 56.6 Å². The Morgan fingerprint density at radius 3 is 2.33 bits per heavy atom. The number of nitrogens with zero attached hydrogens (tertiary/aromatic N) is 1. The standard InChI is InChI=1S/C29H32ClFN2O2S/c1-3-21(2)32-29(35)27(19-22-9-5-4-6-10-22)33(20-23-11-7-8-12-26(23)31)28(34)17-18-36-25-15-13-24(30)14-16-25/h4-16,21,27H,3,17-20H2,1-2H3,(H,32,35). The van der Waals surface area contributed by atoms with Crippen LogP contribution in [-0.2, 0) is 22.6 Å². The highest BCUT2D eigenvalue weighted by molar-refractivity contribution is 7.99. The van der Waals surface area contributed by atoms with E-state index in [9.17, 15) is 14.0 Å². The van der Waals surface area contributed by atoms with Gasteiger partial charge in [-0.2, -0.15) is 0 Å². The Morgan fingerprint density at radius 1 is 1.00 bits per heavy atom. The molecule has 1 N–H and O–H groups in total. The smallest absolute Gasteiger partial charge is 0.243 e. The van der Waals surface area contributed by atoms with Crippen LogP contribution in [0.25, 0.3) is 0 Å². The summed E-state index contributed by atoms with van der Waals surface area (Å²) in [5, 5.41) is 3.68. The summed E-state index contributed by atoms with van der Waals surface area (Å²) in [5.74, 6) is -0.297. The van der Waals surface area contributed by atoms with Gasteiger partial charge in [0.05, 0.1) is 0 Å². The van der Waals surface area contributed by atoms with Crippen LogP contribution in [0.4, 0.5) is 4.39 Å². The SMILES string of the molecule is CCC(C)NC(=O)C(Cc1ccccc1)N(Cc1ccccc1F)C(=O)CCSc1ccc(Cl)cc1. The zero-order valence-electron chi connectivity index (χ0n) is 20.6. The van der Waals surface area contributed by atoms with E-state index in [2.05, 4.69) is 5.32 Å². The fraction of sp³-hybridized carbons (Fsp3) is 0.310. The molecule has 3 rings (SSSR count). The lowest BCUT2D eigenvalue weighted by Gasteiger charge is -2.32. The number of carbonyl (C=O) groups excluding carboxylic acids is 2. The number of halogens is 2. The molecule has 0 aliphatic heterocycles. The number of benzene rings is 3. The minimum Gasteiger partial charge on any atom is -0.352 e. The lowest BCUT2D eigenvalue weighted by atomic mass is 10.0. The molecule has 0 aliphatic rings. The van der Waals surface area contributed by atoms with E-state index in [4.69, 9.17) is 11.6 Å². The predicted octanol–water partition coefficient (Wildman–Crippen LogP) is 6.52. The average molecular weight is 527 g/mol. The number of nitrogens with one attached hydrogen (secondary N) is 1. The summed E-state index contributed by atoms with van der Waals surface area (Å²) in [6.45, 7) is 3.94. The molecule has 0 spiro atoms. The van der Waals surface area contributed by atoms with Crippen molar-refractivity contribution in [3.05, 3.63) is 101 Å². The van der Waals surface area contributed by atoms with Gasteiger partial charge in [0.2, 0.25) is 11.8 Å². The van der Waals surface area contributed by atoms with Crippen LogP contribution in [0.5, 0.6) is 0 Å². The average Bonchev–Trinajstić information content (AvgIpc) is 2.88. The molecule has 7 heteroatoms. The Bertz CT molecular complexity index is 1130. The lowest BCUT2D eigenvalue weighted by molar-refractivity contribution is -0.141. The summed E-state index contributed by atoms with van der Waals surface area (Å²) in [5.41, 5.74) is 1.31. The van der Waals surface area contributed by atoms with Crippen molar-refractivity contribution in [1.82, 2.24) is 10.2 Å². The van der Waals surface area contributed by atoms with Gasteiger partial charge in [-0.25, -0.2) is 4.39 Å². The molecule has 0 fully saturated rings. The zero-order chi connectivity index (χ0) is 25.9. The van der Waals surface area contributed by atoms with E-state index in [1.807, 2.05) is 68.4 Å². The second kappa shape index (κ2) is 14.0. The van der Waals surface area contributed by atoms with Crippen LogP contribution in [0, 0.1) is 5.82 Å². The van der Waals surface area contributed by atoms with Gasteiger partial charge in [0, 0.05) is 46.7 Å². The third kappa shape index (κ3) is 8.38. The fourth-order valence-corrected chi connectivity index (χ4v) is 4.70. The molecule has 2 amide bonds. The number of thioether (sulfide) groups is 1. The number of carbonyl (C=O) groups is 2. The van der Waals surface area contributed by atoms with Crippen LogP contribution in [0.1, 0.15) is 37.8 Å². The Hall–Kier alpha value is -2.83. The second-order valence-electron chi connectivity index (χ2n) is 8.69. The summed E-state index contributed by atoms with van der Waals surface area (Å²) in [6, 6.07) is 22.6. The molecule has 4 nitrogen and oxygen atoms in total. The Labute approximate surface area is 222 Å². The first kappa shape index (κ1) is 27.8. The van der Waals surface area contributed by atoms with E-state index in [0.717, 1.165) is 16.9 Å². The molecule has 2 unspecified atom stereocenters. The Morgan fingerprint density at radius 2 is 1.67 bits per heavy atom. The first-order valence-electron chi connectivity index (χ1n) is 12.1. The van der Waals surface area contributed by atoms with E-state index in [-0.39, 0.29) is 30.8 Å². The molecule has 0 saturated carbocycles. The van der Waals surface area contributed by atoms with Gasteiger partial charge in [0.1, 0.15) is 11.9 Å². The van der Waals surface area contributed by atoms with E-state index in [1.54, 1.807) is 30.0 Å². The minimum atomic E-state index is -0.769. The van der Waals surface area contributed by atoms with E-state index in [1.165, 1.54) is 11.0 Å². The minimum absolute atomic E-state index is 0.0164. The van der Waals surface area contributed by atoms with Gasteiger partial charge in [-0.1, -0.05) is 67.1 Å². The van der Waals surface area contributed by atoms with Crippen molar-refractivity contribution < 1.29 is 14.0 Å². The highest BCUT2D eigenvalue weighted by atomic mass is 35.5. The van der Waals surface area contributed by atoms with Gasteiger partial charge in [0.15, 0.2) is 0 Å². The topological polar surface area (TPSA) is 49.4 Å².